The SMILES string of the molecule is CN=Cc1cc(-c2nc3cc(N4CCNCC4)ccc3c(=O)[nH]2)cc(C)c1N. The summed E-state index contributed by atoms with van der Waals surface area (Å²) in [6, 6.07) is 9.68. The summed E-state index contributed by atoms with van der Waals surface area (Å²) in [7, 11) is 1.70. The van der Waals surface area contributed by atoms with Gasteiger partial charge in [0.05, 0.1) is 10.9 Å². The molecule has 1 aliphatic rings. The molecule has 1 aromatic heterocycles. The second kappa shape index (κ2) is 7.44. The minimum atomic E-state index is -0.146. The second-order valence-corrected chi connectivity index (χ2v) is 7.04. The van der Waals surface area contributed by atoms with Gasteiger partial charge in [-0.15, -0.1) is 0 Å². The van der Waals surface area contributed by atoms with Crippen LogP contribution in [0.4, 0.5) is 11.4 Å². The summed E-state index contributed by atoms with van der Waals surface area (Å²) in [4.78, 5) is 26.7. The zero-order chi connectivity index (χ0) is 19.7. The summed E-state index contributed by atoms with van der Waals surface area (Å²) in [5.74, 6) is 0.531. The van der Waals surface area contributed by atoms with Gasteiger partial charge in [0, 0.05) is 61.9 Å². The number of hydrogen-bond acceptors (Lipinski definition) is 6. The molecule has 1 fully saturated rings. The molecule has 4 N–H and O–H groups in total. The third-order valence-corrected chi connectivity index (χ3v) is 5.13. The van der Waals surface area contributed by atoms with Crippen LogP contribution < -0.4 is 21.5 Å². The highest BCUT2D eigenvalue weighted by molar-refractivity contribution is 5.90. The third kappa shape index (κ3) is 3.36. The van der Waals surface area contributed by atoms with Gasteiger partial charge in [-0.2, -0.15) is 0 Å². The number of nitrogens with one attached hydrogen (secondary N) is 2. The number of nitrogens with two attached hydrogens (primary N) is 1. The van der Waals surface area contributed by atoms with Gasteiger partial charge < -0.3 is 20.9 Å². The molecule has 0 saturated carbocycles. The molecule has 4 rings (SSSR count). The van der Waals surface area contributed by atoms with Crippen LogP contribution in [0, 0.1) is 6.92 Å². The van der Waals surface area contributed by atoms with E-state index in [0.717, 1.165) is 48.6 Å². The van der Waals surface area contributed by atoms with E-state index in [0.29, 0.717) is 22.4 Å². The Bertz CT molecular complexity index is 1110. The zero-order valence-electron chi connectivity index (χ0n) is 16.1. The molecular formula is C21H24N6O. The van der Waals surface area contributed by atoms with E-state index in [1.54, 1.807) is 13.3 Å². The number of nitrogen functional groups attached to an aromatic ring is 1. The van der Waals surface area contributed by atoms with E-state index < -0.39 is 0 Å². The van der Waals surface area contributed by atoms with Gasteiger partial charge in [0.25, 0.3) is 5.56 Å². The molecular weight excluding hydrogens is 352 g/mol. The molecule has 28 heavy (non-hydrogen) atoms. The quantitative estimate of drug-likeness (QED) is 0.479. The van der Waals surface area contributed by atoms with Gasteiger partial charge in [0.2, 0.25) is 0 Å². The molecule has 2 aromatic carbocycles. The van der Waals surface area contributed by atoms with Crippen LogP contribution in [0.1, 0.15) is 11.1 Å². The van der Waals surface area contributed by atoms with Gasteiger partial charge in [-0.3, -0.25) is 9.79 Å². The first-order chi connectivity index (χ1) is 13.6. The zero-order valence-corrected chi connectivity index (χ0v) is 16.1. The second-order valence-electron chi connectivity index (χ2n) is 7.04. The van der Waals surface area contributed by atoms with Crippen molar-refractivity contribution in [3.05, 3.63) is 51.8 Å². The number of anilines is 2. The number of H-pyrrole nitrogens is 1. The van der Waals surface area contributed by atoms with Gasteiger partial charge in [0.15, 0.2) is 0 Å². The number of aryl methyl sites for hydroxylation is 1. The molecule has 0 atom stereocenters. The predicted molar refractivity (Wildman–Crippen MR) is 116 cm³/mol. The highest BCUT2D eigenvalue weighted by Crippen LogP contribution is 2.26. The van der Waals surface area contributed by atoms with Crippen molar-refractivity contribution < 1.29 is 0 Å². The number of benzene rings is 2. The fourth-order valence-corrected chi connectivity index (χ4v) is 3.59. The van der Waals surface area contributed by atoms with E-state index in [1.807, 2.05) is 37.3 Å². The summed E-state index contributed by atoms with van der Waals surface area (Å²) in [5.41, 5.74) is 11.0. The van der Waals surface area contributed by atoms with Crippen molar-refractivity contribution in [1.82, 2.24) is 15.3 Å². The van der Waals surface area contributed by atoms with Crippen molar-refractivity contribution in [3.63, 3.8) is 0 Å². The van der Waals surface area contributed by atoms with Crippen molar-refractivity contribution in [3.8, 4) is 11.4 Å². The van der Waals surface area contributed by atoms with Crippen LogP contribution in [0.2, 0.25) is 0 Å². The Hall–Kier alpha value is -3.19. The molecule has 0 aliphatic carbocycles. The van der Waals surface area contributed by atoms with Crippen LogP contribution in [-0.2, 0) is 0 Å². The van der Waals surface area contributed by atoms with Crippen LogP contribution in [-0.4, -0.2) is 49.4 Å². The minimum absolute atomic E-state index is 0.146. The summed E-state index contributed by atoms with van der Waals surface area (Å²) >= 11 is 0. The smallest absolute Gasteiger partial charge is 0.259 e. The summed E-state index contributed by atoms with van der Waals surface area (Å²) in [5, 5.41) is 3.94. The van der Waals surface area contributed by atoms with Gasteiger partial charge in [-0.1, -0.05) is 0 Å². The Labute approximate surface area is 163 Å². The number of aromatic amines is 1. The fourth-order valence-electron chi connectivity index (χ4n) is 3.59. The van der Waals surface area contributed by atoms with E-state index in [4.69, 9.17) is 10.7 Å². The largest absolute Gasteiger partial charge is 0.398 e. The number of aromatic nitrogens is 2. The minimum Gasteiger partial charge on any atom is -0.398 e. The highest BCUT2D eigenvalue weighted by atomic mass is 16.1. The van der Waals surface area contributed by atoms with Gasteiger partial charge in [0.1, 0.15) is 5.82 Å². The lowest BCUT2D eigenvalue weighted by molar-refractivity contribution is 0.589. The lowest BCUT2D eigenvalue weighted by Crippen LogP contribution is -2.43. The normalized spacial score (nSPS) is 14.9. The third-order valence-electron chi connectivity index (χ3n) is 5.13. The highest BCUT2D eigenvalue weighted by Gasteiger charge is 2.14. The number of rotatable bonds is 3. The number of nitrogens with zero attached hydrogens (tertiary/aromatic N) is 3. The summed E-state index contributed by atoms with van der Waals surface area (Å²) in [6.07, 6.45) is 1.72. The predicted octanol–water partition coefficient (Wildman–Crippen LogP) is 1.94. The average molecular weight is 376 g/mol. The molecule has 1 aliphatic heterocycles. The molecule has 7 nitrogen and oxygen atoms in total. The van der Waals surface area contributed by atoms with Crippen molar-refractivity contribution in [1.29, 1.82) is 0 Å². The monoisotopic (exact) mass is 376 g/mol. The number of fused-ring (bicyclic) bond motifs is 1. The molecule has 1 saturated heterocycles. The Morgan fingerprint density at radius 1 is 1.21 bits per heavy atom. The molecule has 0 bridgehead atoms. The first-order valence-corrected chi connectivity index (χ1v) is 9.39. The lowest BCUT2D eigenvalue weighted by Gasteiger charge is -2.29. The van der Waals surface area contributed by atoms with E-state index in [2.05, 4.69) is 20.2 Å². The Morgan fingerprint density at radius 3 is 2.75 bits per heavy atom. The molecule has 3 aromatic rings. The molecule has 0 amide bonds. The number of aliphatic imine (C=N–C) groups is 1. The Kier molecular flexibility index (Phi) is 4.83. The average Bonchev–Trinajstić information content (AvgIpc) is 2.71. The van der Waals surface area contributed by atoms with Crippen LogP contribution in [0.25, 0.3) is 22.3 Å². The summed E-state index contributed by atoms with van der Waals surface area (Å²) in [6.45, 7) is 5.74. The molecule has 144 valence electrons. The van der Waals surface area contributed by atoms with Crippen LogP contribution in [0.3, 0.4) is 0 Å². The first-order valence-electron chi connectivity index (χ1n) is 9.39. The summed E-state index contributed by atoms with van der Waals surface area (Å²) < 4.78 is 0. The van der Waals surface area contributed by atoms with Gasteiger partial charge >= 0.3 is 0 Å². The molecule has 0 unspecified atom stereocenters. The van der Waals surface area contributed by atoms with Crippen molar-refractivity contribution >= 4 is 28.5 Å². The maximum absolute atomic E-state index is 12.7. The maximum Gasteiger partial charge on any atom is 0.259 e. The first kappa shape index (κ1) is 18.2. The maximum atomic E-state index is 12.7. The fraction of sp³-hybridized carbons (Fsp3) is 0.286. The molecule has 0 radical (unpaired) electrons. The number of piperazine rings is 1. The van der Waals surface area contributed by atoms with Crippen LogP contribution in [0.5, 0.6) is 0 Å². The van der Waals surface area contributed by atoms with E-state index in [-0.39, 0.29) is 5.56 Å². The van der Waals surface area contributed by atoms with Crippen LogP contribution in [0.15, 0.2) is 40.1 Å². The number of hydrogen-bond donors (Lipinski definition) is 3. The van der Waals surface area contributed by atoms with Gasteiger partial charge in [-0.05, 0) is 42.8 Å². The van der Waals surface area contributed by atoms with E-state index >= 15 is 0 Å². The molecule has 0 spiro atoms. The van der Waals surface area contributed by atoms with Gasteiger partial charge in [-0.25, -0.2) is 4.98 Å². The van der Waals surface area contributed by atoms with E-state index in [9.17, 15) is 4.79 Å². The van der Waals surface area contributed by atoms with Crippen molar-refractivity contribution in [2.45, 2.75) is 6.92 Å². The Morgan fingerprint density at radius 2 is 2.00 bits per heavy atom. The van der Waals surface area contributed by atoms with Crippen molar-refractivity contribution in [2.24, 2.45) is 4.99 Å². The Balaban J connectivity index is 1.83. The lowest BCUT2D eigenvalue weighted by atomic mass is 10.0. The van der Waals surface area contributed by atoms with Crippen molar-refractivity contribution in [2.75, 3.05) is 43.9 Å². The topological polar surface area (TPSA) is 99.4 Å². The van der Waals surface area contributed by atoms with Crippen LogP contribution >= 0.6 is 0 Å². The standard InChI is InChI=1S/C21H24N6O/c1-13-9-14(10-15(12-23-2)19(13)22)20-25-18-11-16(27-7-5-24-6-8-27)3-4-17(18)21(28)26-20/h3-4,9-12,24H,5-8,22H2,1-2H3,(H,25,26,28). The molecule has 7 heteroatoms. The molecule has 2 heterocycles. The van der Waals surface area contributed by atoms with E-state index in [1.165, 1.54) is 0 Å².